The van der Waals surface area contributed by atoms with Crippen molar-refractivity contribution < 1.29 is 38.2 Å². The maximum Gasteiger partial charge on any atom is 0.255 e. The van der Waals surface area contributed by atoms with Crippen LogP contribution < -0.4 is 26.0 Å². The highest BCUT2D eigenvalue weighted by Crippen LogP contribution is 2.32. The Kier molecular flexibility index (Phi) is 15.4. The van der Waals surface area contributed by atoms with Gasteiger partial charge >= 0.3 is 0 Å². The number of amides is 5. The average molecular weight is 873 g/mol. The van der Waals surface area contributed by atoms with Crippen molar-refractivity contribution in [2.45, 2.75) is 70.6 Å². The van der Waals surface area contributed by atoms with Crippen molar-refractivity contribution in [3.05, 3.63) is 113 Å². The van der Waals surface area contributed by atoms with Crippen LogP contribution in [-0.2, 0) is 44.0 Å². The molecule has 1 fully saturated rings. The molecule has 2 aliphatic rings. The summed E-state index contributed by atoms with van der Waals surface area (Å²) in [4.78, 5) is 72.5. The van der Waals surface area contributed by atoms with Crippen LogP contribution in [0.15, 0.2) is 85.3 Å². The number of nitrogens with zero attached hydrogens (tertiary/aromatic N) is 6. The van der Waals surface area contributed by atoms with Crippen molar-refractivity contribution in [1.29, 1.82) is 0 Å². The minimum atomic E-state index is -0.732. The summed E-state index contributed by atoms with van der Waals surface area (Å²) in [5, 5.41) is 20.1. The van der Waals surface area contributed by atoms with Crippen LogP contribution in [0.4, 0.5) is 11.4 Å². The van der Waals surface area contributed by atoms with Crippen LogP contribution in [0.5, 0.6) is 5.75 Å². The Morgan fingerprint density at radius 2 is 1.72 bits per heavy atom. The number of rotatable bonds is 22. The summed E-state index contributed by atoms with van der Waals surface area (Å²) in [5.41, 5.74) is 4.45. The van der Waals surface area contributed by atoms with E-state index in [1.807, 2.05) is 54.9 Å². The molecule has 4 N–H and O–H groups in total. The second-order valence-corrected chi connectivity index (χ2v) is 15.5. The van der Waals surface area contributed by atoms with Gasteiger partial charge in [0.1, 0.15) is 30.4 Å². The molecule has 5 amide bonds. The first-order chi connectivity index (χ1) is 31.1. The zero-order valence-electron chi connectivity index (χ0n) is 35.9. The van der Waals surface area contributed by atoms with Crippen molar-refractivity contribution in [1.82, 2.24) is 40.3 Å². The number of benzene rings is 3. The third kappa shape index (κ3) is 11.7. The van der Waals surface area contributed by atoms with E-state index in [1.54, 1.807) is 42.6 Å². The fourth-order valence-corrected chi connectivity index (χ4v) is 7.47. The molecule has 0 bridgehead atoms. The van der Waals surface area contributed by atoms with Gasteiger partial charge in [0, 0.05) is 60.9 Å². The average Bonchev–Trinajstić information content (AvgIpc) is 3.85. The van der Waals surface area contributed by atoms with Gasteiger partial charge in [-0.2, -0.15) is 0 Å². The molecule has 18 nitrogen and oxygen atoms in total. The van der Waals surface area contributed by atoms with Crippen molar-refractivity contribution >= 4 is 40.9 Å². The molecular weight excluding hydrogens is 821 g/mol. The third-order valence-corrected chi connectivity index (χ3v) is 11.0. The van der Waals surface area contributed by atoms with E-state index in [0.717, 1.165) is 42.7 Å². The zero-order valence-corrected chi connectivity index (χ0v) is 35.9. The fraction of sp³-hybridized carbons (Fsp3) is 0.370. The molecule has 0 aliphatic carbocycles. The number of anilines is 2. The maximum atomic E-state index is 13.3. The lowest BCUT2D eigenvalue weighted by atomic mass is 10.0. The quantitative estimate of drug-likeness (QED) is 0.0546. The SMILES string of the molecule is C[C@H](NC(=O)c1cccc(NCc2nnc(-c3ccncn3)n2C)c1)c1cccc(OCCCCCCOCCOCC(=O)Nc2cccc3c2CN(C2CCC(=O)NC2=O)C3=O)c1. The number of hydrogen-bond donors (Lipinski definition) is 4. The zero-order chi connectivity index (χ0) is 44.8. The number of unbranched alkanes of at least 4 members (excludes halogenated alkanes) is 3. The Morgan fingerprint density at radius 1 is 0.906 bits per heavy atom. The molecule has 1 unspecified atom stereocenters. The Morgan fingerprint density at radius 3 is 2.55 bits per heavy atom. The Bertz CT molecular complexity index is 2440. The highest BCUT2D eigenvalue weighted by molar-refractivity contribution is 6.07. The molecule has 334 valence electrons. The van der Waals surface area contributed by atoms with Crippen LogP contribution in [0.3, 0.4) is 0 Å². The molecular formula is C46H52N10O8. The van der Waals surface area contributed by atoms with Gasteiger partial charge < -0.3 is 39.6 Å². The normalized spacial score (nSPS) is 15.1. The molecule has 2 aromatic heterocycles. The molecule has 0 saturated carbocycles. The van der Waals surface area contributed by atoms with Gasteiger partial charge in [0.2, 0.25) is 17.7 Å². The maximum absolute atomic E-state index is 13.3. The van der Waals surface area contributed by atoms with Gasteiger partial charge in [0.25, 0.3) is 11.8 Å². The predicted molar refractivity (Wildman–Crippen MR) is 235 cm³/mol. The van der Waals surface area contributed by atoms with E-state index in [2.05, 4.69) is 41.4 Å². The van der Waals surface area contributed by atoms with E-state index >= 15 is 0 Å². The smallest absolute Gasteiger partial charge is 0.255 e. The highest BCUT2D eigenvalue weighted by Gasteiger charge is 2.40. The van der Waals surface area contributed by atoms with E-state index in [1.165, 1.54) is 11.2 Å². The second kappa shape index (κ2) is 21.8. The first kappa shape index (κ1) is 45.0. The van der Waals surface area contributed by atoms with Crippen LogP contribution >= 0.6 is 0 Å². The monoisotopic (exact) mass is 872 g/mol. The number of aromatic nitrogens is 5. The van der Waals surface area contributed by atoms with Gasteiger partial charge in [-0.15, -0.1) is 10.2 Å². The van der Waals surface area contributed by atoms with Gasteiger partial charge in [-0.1, -0.05) is 30.7 Å². The summed E-state index contributed by atoms with van der Waals surface area (Å²) in [6.07, 6.45) is 7.27. The number of carbonyl (C=O) groups excluding carboxylic acids is 5. The summed E-state index contributed by atoms with van der Waals surface area (Å²) >= 11 is 0. The van der Waals surface area contributed by atoms with Gasteiger partial charge in [0.15, 0.2) is 11.6 Å². The molecule has 5 aromatic rings. The number of ether oxygens (including phenoxy) is 3. The molecule has 0 spiro atoms. The van der Waals surface area contributed by atoms with Crippen LogP contribution in [0.1, 0.15) is 89.2 Å². The first-order valence-corrected chi connectivity index (χ1v) is 21.4. The fourth-order valence-electron chi connectivity index (χ4n) is 7.47. The van der Waals surface area contributed by atoms with Crippen molar-refractivity contribution in [3.8, 4) is 17.3 Å². The van der Waals surface area contributed by atoms with Gasteiger partial charge in [-0.3, -0.25) is 29.3 Å². The van der Waals surface area contributed by atoms with Crippen LogP contribution in [-0.4, -0.2) is 98.2 Å². The lowest BCUT2D eigenvalue weighted by Crippen LogP contribution is -2.52. The number of imide groups is 1. The lowest BCUT2D eigenvalue weighted by molar-refractivity contribution is -0.137. The highest BCUT2D eigenvalue weighted by atomic mass is 16.5. The third-order valence-electron chi connectivity index (χ3n) is 11.0. The minimum Gasteiger partial charge on any atom is -0.494 e. The molecule has 4 heterocycles. The summed E-state index contributed by atoms with van der Waals surface area (Å²) in [5.74, 6) is 0.394. The van der Waals surface area contributed by atoms with Crippen molar-refractivity contribution in [2.75, 3.05) is 43.7 Å². The van der Waals surface area contributed by atoms with E-state index in [9.17, 15) is 24.0 Å². The molecule has 1 saturated heterocycles. The summed E-state index contributed by atoms with van der Waals surface area (Å²) in [6, 6.07) is 20.9. The van der Waals surface area contributed by atoms with E-state index in [0.29, 0.717) is 66.1 Å². The van der Waals surface area contributed by atoms with Crippen LogP contribution in [0.2, 0.25) is 0 Å². The van der Waals surface area contributed by atoms with Gasteiger partial charge in [-0.05, 0) is 86.7 Å². The van der Waals surface area contributed by atoms with Crippen LogP contribution in [0.25, 0.3) is 11.5 Å². The van der Waals surface area contributed by atoms with E-state index in [-0.39, 0.29) is 62.3 Å². The topological polar surface area (TPSA) is 221 Å². The standard InChI is InChI=1S/C46H52N10O8/c1-30(50-44(59)32-11-7-12-33(24-32)48-26-40-53-54-43(55(40)2)38-18-19-47-29-49-38)31-10-8-13-34(25-31)64-21-6-4-3-5-20-62-22-23-63-28-42(58)51-37-15-9-14-35-36(37)27-56(46(35)61)39-16-17-41(57)52-45(39)60/h7-15,18-19,24-25,29-30,39,48H,3-6,16-17,20-23,26-28H2,1-2H3,(H,50,59)(H,51,58)(H,52,57,60)/t30-,39?/m0/s1. The van der Waals surface area contributed by atoms with Crippen molar-refractivity contribution in [2.24, 2.45) is 7.05 Å². The van der Waals surface area contributed by atoms with Crippen LogP contribution in [0, 0.1) is 0 Å². The van der Waals surface area contributed by atoms with E-state index < -0.39 is 11.9 Å². The molecule has 0 radical (unpaired) electrons. The molecule has 18 heteroatoms. The van der Waals surface area contributed by atoms with E-state index in [4.69, 9.17) is 14.2 Å². The first-order valence-electron chi connectivity index (χ1n) is 21.4. The number of piperidine rings is 1. The summed E-state index contributed by atoms with van der Waals surface area (Å²) in [6.45, 7) is 4.07. The number of carbonyl (C=O) groups is 5. The van der Waals surface area contributed by atoms with Gasteiger partial charge in [-0.25, -0.2) is 9.97 Å². The molecule has 2 aliphatic heterocycles. The molecule has 3 aromatic carbocycles. The number of fused-ring (bicyclic) bond motifs is 1. The summed E-state index contributed by atoms with van der Waals surface area (Å²) in [7, 11) is 1.88. The Labute approximate surface area is 370 Å². The second-order valence-electron chi connectivity index (χ2n) is 15.5. The molecule has 64 heavy (non-hydrogen) atoms. The Balaban J connectivity index is 0.731. The number of hydrogen-bond acceptors (Lipinski definition) is 13. The van der Waals surface area contributed by atoms with Crippen molar-refractivity contribution in [3.63, 3.8) is 0 Å². The molecule has 2 atom stereocenters. The lowest BCUT2D eigenvalue weighted by Gasteiger charge is -2.29. The Hall–Kier alpha value is -7.05. The summed E-state index contributed by atoms with van der Waals surface area (Å²) < 4.78 is 19.1. The molecule has 7 rings (SSSR count). The predicted octanol–water partition coefficient (Wildman–Crippen LogP) is 4.75. The van der Waals surface area contributed by atoms with Gasteiger partial charge in [0.05, 0.1) is 32.4 Å². The minimum absolute atomic E-state index is 0.161. The number of nitrogens with one attached hydrogen (secondary N) is 4. The largest absolute Gasteiger partial charge is 0.494 e.